The molecule has 0 fully saturated rings. The van der Waals surface area contributed by atoms with Gasteiger partial charge in [-0.15, -0.1) is 0 Å². The molecule has 0 aliphatic carbocycles. The van der Waals surface area contributed by atoms with Crippen LogP contribution in [-0.4, -0.2) is 29.2 Å². The van der Waals surface area contributed by atoms with Crippen LogP contribution in [0.3, 0.4) is 0 Å². The van der Waals surface area contributed by atoms with Crippen LogP contribution in [0, 0.1) is 0 Å². The Morgan fingerprint density at radius 1 is 1.18 bits per heavy atom. The first-order valence-corrected chi connectivity index (χ1v) is 8.10. The van der Waals surface area contributed by atoms with E-state index in [1.165, 1.54) is 10.9 Å². The minimum Gasteiger partial charge on any atom is -0.357 e. The third-order valence-electron chi connectivity index (χ3n) is 3.34. The second-order valence-electron chi connectivity index (χ2n) is 6.56. The summed E-state index contributed by atoms with van der Waals surface area (Å²) in [7, 11) is 0. The first-order chi connectivity index (χ1) is 10.5. The lowest BCUT2D eigenvalue weighted by Gasteiger charge is -2.23. The lowest BCUT2D eigenvalue weighted by molar-refractivity contribution is 0.501. The Kier molecular flexibility index (Phi) is 5.47. The number of guanidine groups is 1. The van der Waals surface area contributed by atoms with Crippen molar-refractivity contribution in [3.63, 3.8) is 0 Å². The van der Waals surface area contributed by atoms with Crippen molar-refractivity contribution in [2.75, 3.05) is 13.1 Å². The number of hydrogen-bond donors (Lipinski definition) is 2. The minimum atomic E-state index is 0.0254. The van der Waals surface area contributed by atoms with Gasteiger partial charge in [0.15, 0.2) is 5.96 Å². The van der Waals surface area contributed by atoms with Gasteiger partial charge in [0.1, 0.15) is 0 Å². The van der Waals surface area contributed by atoms with E-state index in [-0.39, 0.29) is 5.54 Å². The minimum absolute atomic E-state index is 0.0254. The van der Waals surface area contributed by atoms with Gasteiger partial charge < -0.3 is 15.2 Å². The molecule has 0 aliphatic rings. The van der Waals surface area contributed by atoms with Crippen molar-refractivity contribution in [2.24, 2.45) is 4.99 Å². The molecule has 0 amide bonds. The van der Waals surface area contributed by atoms with Crippen LogP contribution in [0.25, 0.3) is 10.9 Å². The van der Waals surface area contributed by atoms with Gasteiger partial charge in [0.05, 0.1) is 0 Å². The molecule has 0 saturated heterocycles. The number of nitrogens with zero attached hydrogens (tertiary/aromatic N) is 2. The lowest BCUT2D eigenvalue weighted by atomic mass is 10.1. The summed E-state index contributed by atoms with van der Waals surface area (Å²) in [5, 5.41) is 8.01. The molecule has 2 aromatic rings. The Morgan fingerprint density at radius 3 is 2.68 bits per heavy atom. The molecule has 4 heteroatoms. The van der Waals surface area contributed by atoms with Gasteiger partial charge in [0.2, 0.25) is 0 Å². The first kappa shape index (κ1) is 16.4. The van der Waals surface area contributed by atoms with E-state index in [2.05, 4.69) is 84.4 Å². The van der Waals surface area contributed by atoms with Crippen LogP contribution in [-0.2, 0) is 6.54 Å². The second-order valence-corrected chi connectivity index (χ2v) is 6.56. The molecule has 0 bridgehead atoms. The van der Waals surface area contributed by atoms with Crippen LogP contribution in [0.1, 0.15) is 34.1 Å². The second kappa shape index (κ2) is 7.34. The highest BCUT2D eigenvalue weighted by Crippen LogP contribution is 2.15. The molecular formula is C18H28N4. The number of nitrogens with one attached hydrogen (secondary N) is 2. The third-order valence-corrected chi connectivity index (χ3v) is 3.34. The van der Waals surface area contributed by atoms with Crippen LogP contribution in [0.2, 0.25) is 0 Å². The Hall–Kier alpha value is -1.97. The number of aryl methyl sites for hydroxylation is 1. The number of rotatable bonds is 5. The summed E-state index contributed by atoms with van der Waals surface area (Å²) in [6.45, 7) is 11.2. The summed E-state index contributed by atoms with van der Waals surface area (Å²) in [5.41, 5.74) is 1.32. The van der Waals surface area contributed by atoms with E-state index in [9.17, 15) is 0 Å². The zero-order chi connectivity index (χ0) is 16.0. The average Bonchev–Trinajstić information content (AvgIpc) is 2.85. The van der Waals surface area contributed by atoms with Crippen molar-refractivity contribution < 1.29 is 0 Å². The van der Waals surface area contributed by atoms with Gasteiger partial charge >= 0.3 is 0 Å². The van der Waals surface area contributed by atoms with E-state index >= 15 is 0 Å². The first-order valence-electron chi connectivity index (χ1n) is 8.10. The molecule has 1 aromatic heterocycles. The normalized spacial score (nSPS) is 12.6. The smallest absolute Gasteiger partial charge is 0.191 e. The molecular weight excluding hydrogens is 272 g/mol. The number of aliphatic imine (C=N–C) groups is 1. The van der Waals surface area contributed by atoms with Gasteiger partial charge in [0, 0.05) is 36.9 Å². The summed E-state index contributed by atoms with van der Waals surface area (Å²) >= 11 is 0. The maximum Gasteiger partial charge on any atom is 0.191 e. The molecule has 2 N–H and O–H groups in total. The van der Waals surface area contributed by atoms with Gasteiger partial charge in [-0.2, -0.15) is 0 Å². The lowest BCUT2D eigenvalue weighted by Crippen LogP contribution is -2.47. The van der Waals surface area contributed by atoms with Gasteiger partial charge in [0.25, 0.3) is 0 Å². The van der Waals surface area contributed by atoms with Crippen LogP contribution in [0.5, 0.6) is 0 Å². The molecule has 120 valence electrons. The number of benzene rings is 1. The SMILES string of the molecule is CCNC(=NCCCn1ccc2ccccc21)NC(C)(C)C. The van der Waals surface area contributed by atoms with Crippen molar-refractivity contribution in [1.82, 2.24) is 15.2 Å². The predicted octanol–water partition coefficient (Wildman–Crippen LogP) is 3.39. The van der Waals surface area contributed by atoms with Gasteiger partial charge in [-0.1, -0.05) is 18.2 Å². The number of aromatic nitrogens is 1. The van der Waals surface area contributed by atoms with Crippen LogP contribution in [0.4, 0.5) is 0 Å². The van der Waals surface area contributed by atoms with Gasteiger partial charge in [-0.25, -0.2) is 0 Å². The molecule has 0 unspecified atom stereocenters. The Bertz CT molecular complexity index is 619. The number of fused-ring (bicyclic) bond motifs is 1. The topological polar surface area (TPSA) is 41.4 Å². The average molecular weight is 300 g/mol. The zero-order valence-electron chi connectivity index (χ0n) is 14.2. The summed E-state index contributed by atoms with van der Waals surface area (Å²) in [5.74, 6) is 0.896. The molecule has 22 heavy (non-hydrogen) atoms. The van der Waals surface area contributed by atoms with Crippen molar-refractivity contribution in [3.8, 4) is 0 Å². The molecule has 0 aliphatic heterocycles. The fourth-order valence-corrected chi connectivity index (χ4v) is 2.43. The Balaban J connectivity index is 1.90. The maximum absolute atomic E-state index is 4.66. The van der Waals surface area contributed by atoms with Crippen LogP contribution >= 0.6 is 0 Å². The highest BCUT2D eigenvalue weighted by Gasteiger charge is 2.11. The molecule has 0 atom stereocenters. The molecule has 0 radical (unpaired) electrons. The number of para-hydroxylation sites is 1. The molecule has 2 rings (SSSR count). The molecule has 1 heterocycles. The maximum atomic E-state index is 4.66. The molecule has 0 spiro atoms. The quantitative estimate of drug-likeness (QED) is 0.505. The Labute approximate surface area is 133 Å². The van der Waals surface area contributed by atoms with E-state index in [0.29, 0.717) is 0 Å². The van der Waals surface area contributed by atoms with E-state index in [4.69, 9.17) is 0 Å². The summed E-state index contributed by atoms with van der Waals surface area (Å²) in [4.78, 5) is 4.66. The van der Waals surface area contributed by atoms with Crippen LogP contribution < -0.4 is 10.6 Å². The van der Waals surface area contributed by atoms with Crippen molar-refractivity contribution >= 4 is 16.9 Å². The summed E-state index contributed by atoms with van der Waals surface area (Å²) in [6.07, 6.45) is 3.19. The number of hydrogen-bond acceptors (Lipinski definition) is 1. The fraction of sp³-hybridized carbons (Fsp3) is 0.500. The monoisotopic (exact) mass is 300 g/mol. The van der Waals surface area contributed by atoms with Crippen LogP contribution in [0.15, 0.2) is 41.5 Å². The highest BCUT2D eigenvalue weighted by atomic mass is 15.2. The van der Waals surface area contributed by atoms with E-state index < -0.39 is 0 Å². The standard InChI is InChI=1S/C18H28N4/c1-5-19-17(21-18(2,3)4)20-12-8-13-22-14-11-15-9-6-7-10-16(15)22/h6-7,9-11,14H,5,8,12-13H2,1-4H3,(H2,19,20,21). The largest absolute Gasteiger partial charge is 0.357 e. The summed E-state index contributed by atoms with van der Waals surface area (Å²) < 4.78 is 2.30. The van der Waals surface area contributed by atoms with E-state index in [1.807, 2.05) is 0 Å². The van der Waals surface area contributed by atoms with Gasteiger partial charge in [-0.3, -0.25) is 4.99 Å². The van der Waals surface area contributed by atoms with E-state index in [1.54, 1.807) is 0 Å². The fourth-order valence-electron chi connectivity index (χ4n) is 2.43. The van der Waals surface area contributed by atoms with Crippen molar-refractivity contribution in [3.05, 3.63) is 36.5 Å². The van der Waals surface area contributed by atoms with Gasteiger partial charge in [-0.05, 0) is 51.6 Å². The molecule has 1 aromatic carbocycles. The van der Waals surface area contributed by atoms with Crippen molar-refractivity contribution in [1.29, 1.82) is 0 Å². The van der Waals surface area contributed by atoms with E-state index in [0.717, 1.165) is 32.0 Å². The third kappa shape index (κ3) is 4.79. The predicted molar refractivity (Wildman–Crippen MR) is 95.4 cm³/mol. The zero-order valence-corrected chi connectivity index (χ0v) is 14.2. The highest BCUT2D eigenvalue weighted by molar-refractivity contribution is 5.80. The summed E-state index contributed by atoms with van der Waals surface area (Å²) in [6, 6.07) is 10.7. The molecule has 0 saturated carbocycles. The van der Waals surface area contributed by atoms with Crippen molar-refractivity contribution in [2.45, 2.75) is 46.2 Å². The Morgan fingerprint density at radius 2 is 1.95 bits per heavy atom. The molecule has 4 nitrogen and oxygen atoms in total.